The molecule has 0 fully saturated rings. The largest absolute Gasteiger partial charge is 0.396 e. The summed E-state index contributed by atoms with van der Waals surface area (Å²) in [6.07, 6.45) is 4.34. The summed E-state index contributed by atoms with van der Waals surface area (Å²) in [5, 5.41) is 12.6. The monoisotopic (exact) mass is 225 g/mol. The summed E-state index contributed by atoms with van der Waals surface area (Å²) < 4.78 is 0. The minimum Gasteiger partial charge on any atom is -0.396 e. The van der Waals surface area contributed by atoms with Crippen LogP contribution in [0.3, 0.4) is 0 Å². The van der Waals surface area contributed by atoms with E-state index in [1.165, 1.54) is 0 Å². The van der Waals surface area contributed by atoms with Crippen LogP contribution >= 0.6 is 0 Å². The number of aliphatic hydroxyl groups excluding tert-OH is 1. The highest BCUT2D eigenvalue weighted by molar-refractivity contribution is 4.96. The van der Waals surface area contributed by atoms with Gasteiger partial charge in [-0.25, -0.2) is 4.98 Å². The molecule has 0 saturated carbocycles. The molecule has 0 spiro atoms. The molecule has 4 heteroatoms. The van der Waals surface area contributed by atoms with Crippen LogP contribution in [0.1, 0.15) is 46.0 Å². The third-order valence-corrected chi connectivity index (χ3v) is 2.84. The highest BCUT2D eigenvalue weighted by Gasteiger charge is 2.26. The molecule has 0 aliphatic heterocycles. The number of H-pyrrole nitrogens is 1. The maximum Gasteiger partial charge on any atom is 0.122 e. The van der Waals surface area contributed by atoms with Gasteiger partial charge in [-0.3, -0.25) is 0 Å². The van der Waals surface area contributed by atoms with Crippen LogP contribution in [0, 0.1) is 5.41 Å². The summed E-state index contributed by atoms with van der Waals surface area (Å²) in [4.78, 5) is 7.33. The number of nitrogens with zero attached hydrogens (tertiary/aromatic N) is 1. The average molecular weight is 225 g/mol. The molecule has 0 amide bonds. The molecule has 1 aromatic heterocycles. The average Bonchev–Trinajstić information content (AvgIpc) is 2.68. The third-order valence-electron chi connectivity index (χ3n) is 2.84. The van der Waals surface area contributed by atoms with E-state index in [4.69, 9.17) is 5.11 Å². The van der Waals surface area contributed by atoms with Crippen molar-refractivity contribution in [1.29, 1.82) is 0 Å². The van der Waals surface area contributed by atoms with Gasteiger partial charge in [0, 0.05) is 25.0 Å². The fraction of sp³-hybridized carbons (Fsp3) is 0.750. The molecular weight excluding hydrogens is 202 g/mol. The molecule has 3 N–H and O–H groups in total. The van der Waals surface area contributed by atoms with Crippen LogP contribution in [-0.2, 0) is 0 Å². The van der Waals surface area contributed by atoms with Gasteiger partial charge in [-0.05, 0) is 18.8 Å². The summed E-state index contributed by atoms with van der Waals surface area (Å²) in [7, 11) is 0. The molecule has 1 rings (SSSR count). The number of nitrogens with one attached hydrogen (secondary N) is 2. The van der Waals surface area contributed by atoms with Gasteiger partial charge in [0.1, 0.15) is 5.82 Å². The molecule has 16 heavy (non-hydrogen) atoms. The Hall–Kier alpha value is -0.870. The molecule has 92 valence electrons. The molecule has 0 saturated heterocycles. The van der Waals surface area contributed by atoms with E-state index in [-0.39, 0.29) is 24.1 Å². The van der Waals surface area contributed by atoms with E-state index in [1.807, 2.05) is 6.20 Å². The first-order chi connectivity index (χ1) is 7.45. The topological polar surface area (TPSA) is 60.9 Å². The highest BCUT2D eigenvalue weighted by Crippen LogP contribution is 2.24. The minimum atomic E-state index is 0.129. The Bertz CT molecular complexity index is 290. The van der Waals surface area contributed by atoms with Crippen molar-refractivity contribution in [3.63, 3.8) is 0 Å². The summed E-state index contributed by atoms with van der Waals surface area (Å²) in [5.74, 6) is 0.937. The summed E-state index contributed by atoms with van der Waals surface area (Å²) in [6.45, 7) is 8.81. The molecule has 1 heterocycles. The number of imidazole rings is 1. The second-order valence-corrected chi connectivity index (χ2v) is 5.29. The molecule has 0 aliphatic rings. The molecule has 0 bridgehead atoms. The Morgan fingerprint density at radius 2 is 2.19 bits per heavy atom. The smallest absolute Gasteiger partial charge is 0.122 e. The molecule has 1 aromatic rings. The highest BCUT2D eigenvalue weighted by atomic mass is 16.3. The van der Waals surface area contributed by atoms with Crippen LogP contribution in [0.15, 0.2) is 12.4 Å². The Kier molecular flexibility index (Phi) is 4.50. The Balaban J connectivity index is 2.62. The van der Waals surface area contributed by atoms with Crippen molar-refractivity contribution < 1.29 is 5.11 Å². The van der Waals surface area contributed by atoms with Crippen molar-refractivity contribution in [2.45, 2.75) is 46.2 Å². The van der Waals surface area contributed by atoms with Crippen molar-refractivity contribution in [3.05, 3.63) is 18.2 Å². The van der Waals surface area contributed by atoms with Crippen LogP contribution < -0.4 is 5.32 Å². The number of aliphatic hydroxyl groups is 1. The van der Waals surface area contributed by atoms with Crippen molar-refractivity contribution in [1.82, 2.24) is 15.3 Å². The van der Waals surface area contributed by atoms with Gasteiger partial charge in [0.2, 0.25) is 0 Å². The van der Waals surface area contributed by atoms with Gasteiger partial charge in [-0.15, -0.1) is 0 Å². The van der Waals surface area contributed by atoms with Gasteiger partial charge in [-0.2, -0.15) is 0 Å². The minimum absolute atomic E-state index is 0.129. The normalized spacial score (nSPS) is 16.1. The van der Waals surface area contributed by atoms with E-state index >= 15 is 0 Å². The fourth-order valence-corrected chi connectivity index (χ4v) is 1.79. The van der Waals surface area contributed by atoms with E-state index in [0.717, 1.165) is 12.2 Å². The maximum atomic E-state index is 9.08. The van der Waals surface area contributed by atoms with Crippen molar-refractivity contribution in [2.75, 3.05) is 6.61 Å². The number of aromatic amines is 1. The van der Waals surface area contributed by atoms with Crippen molar-refractivity contribution >= 4 is 0 Å². The Labute approximate surface area is 97.5 Å². The predicted molar refractivity (Wildman–Crippen MR) is 65.1 cm³/mol. The number of hydrogen-bond acceptors (Lipinski definition) is 3. The molecule has 0 radical (unpaired) electrons. The Morgan fingerprint density at radius 3 is 2.62 bits per heavy atom. The number of aromatic nitrogens is 2. The zero-order valence-electron chi connectivity index (χ0n) is 10.6. The van der Waals surface area contributed by atoms with E-state index < -0.39 is 0 Å². The second kappa shape index (κ2) is 5.46. The van der Waals surface area contributed by atoms with Crippen LogP contribution in [0.25, 0.3) is 0 Å². The van der Waals surface area contributed by atoms with Crippen LogP contribution in [0.2, 0.25) is 0 Å². The SMILES string of the molecule is CC(NC(CCO)C(C)(C)C)c1ncc[nH]1. The maximum absolute atomic E-state index is 9.08. The lowest BCUT2D eigenvalue weighted by molar-refractivity contribution is 0.186. The first-order valence-electron chi connectivity index (χ1n) is 5.81. The van der Waals surface area contributed by atoms with Crippen LogP contribution in [0.5, 0.6) is 0 Å². The van der Waals surface area contributed by atoms with Gasteiger partial charge >= 0.3 is 0 Å². The van der Waals surface area contributed by atoms with Crippen LogP contribution in [-0.4, -0.2) is 27.7 Å². The molecular formula is C12H23N3O. The molecule has 2 atom stereocenters. The van der Waals surface area contributed by atoms with Crippen LogP contribution in [0.4, 0.5) is 0 Å². The second-order valence-electron chi connectivity index (χ2n) is 5.29. The van der Waals surface area contributed by atoms with Crippen molar-refractivity contribution in [3.8, 4) is 0 Å². The zero-order chi connectivity index (χ0) is 12.2. The van der Waals surface area contributed by atoms with E-state index in [1.54, 1.807) is 6.20 Å². The lowest BCUT2D eigenvalue weighted by Gasteiger charge is -2.33. The number of hydrogen-bond donors (Lipinski definition) is 3. The van der Waals surface area contributed by atoms with E-state index in [9.17, 15) is 0 Å². The molecule has 0 aliphatic carbocycles. The number of rotatable bonds is 5. The first-order valence-corrected chi connectivity index (χ1v) is 5.81. The van der Waals surface area contributed by atoms with Crippen molar-refractivity contribution in [2.24, 2.45) is 5.41 Å². The molecule has 0 aromatic carbocycles. The predicted octanol–water partition coefficient (Wildman–Crippen LogP) is 1.86. The third kappa shape index (κ3) is 3.61. The lowest BCUT2D eigenvalue weighted by atomic mass is 9.84. The van der Waals surface area contributed by atoms with E-state index in [0.29, 0.717) is 0 Å². The quantitative estimate of drug-likeness (QED) is 0.717. The summed E-state index contributed by atoms with van der Waals surface area (Å²) in [6, 6.07) is 0.448. The Morgan fingerprint density at radius 1 is 1.50 bits per heavy atom. The van der Waals surface area contributed by atoms with Gasteiger partial charge in [-0.1, -0.05) is 20.8 Å². The first kappa shape index (κ1) is 13.2. The molecule has 2 unspecified atom stereocenters. The van der Waals surface area contributed by atoms with E-state index in [2.05, 4.69) is 43.0 Å². The zero-order valence-corrected chi connectivity index (χ0v) is 10.6. The lowest BCUT2D eigenvalue weighted by Crippen LogP contribution is -2.42. The molecule has 4 nitrogen and oxygen atoms in total. The van der Waals surface area contributed by atoms with Gasteiger partial charge < -0.3 is 15.4 Å². The summed E-state index contributed by atoms with van der Waals surface area (Å²) >= 11 is 0. The standard InChI is InChI=1S/C12H23N3O/c1-9(11-13-6-7-14-11)15-10(5-8-16)12(2,3)4/h6-7,9-10,15-16H,5,8H2,1-4H3,(H,13,14). The van der Waals surface area contributed by atoms with Gasteiger partial charge in [0.05, 0.1) is 6.04 Å². The summed E-state index contributed by atoms with van der Waals surface area (Å²) in [5.41, 5.74) is 0.129. The fourth-order valence-electron chi connectivity index (χ4n) is 1.79. The van der Waals surface area contributed by atoms with Gasteiger partial charge in [0.25, 0.3) is 0 Å². The van der Waals surface area contributed by atoms with Gasteiger partial charge in [0.15, 0.2) is 0 Å².